The Balaban J connectivity index is 2.21. The Hall–Kier alpha value is -2.31. The van der Waals surface area contributed by atoms with Crippen molar-refractivity contribution >= 4 is 40.9 Å². The van der Waals surface area contributed by atoms with Crippen LogP contribution in [0.5, 0.6) is 0 Å². The Morgan fingerprint density at radius 1 is 1.16 bits per heavy atom. The van der Waals surface area contributed by atoms with Gasteiger partial charge in [0.1, 0.15) is 11.4 Å². The van der Waals surface area contributed by atoms with Crippen LogP contribution in [-0.4, -0.2) is 14.9 Å². The molecule has 3 rings (SSSR count). The van der Waals surface area contributed by atoms with E-state index in [2.05, 4.69) is 5.32 Å². The first-order valence-corrected chi connectivity index (χ1v) is 8.43. The molecule has 1 N–H and O–H groups in total. The van der Waals surface area contributed by atoms with Crippen LogP contribution in [0.2, 0.25) is 10.0 Å². The number of anilines is 1. The maximum Gasteiger partial charge on any atom is 0.332 e. The lowest BCUT2D eigenvalue weighted by Gasteiger charge is -2.11. The lowest BCUT2D eigenvalue weighted by atomic mass is 10.1. The van der Waals surface area contributed by atoms with Crippen LogP contribution in [-0.2, 0) is 13.6 Å². The number of nitrogens with zero attached hydrogens (tertiary/aromatic N) is 2. The average Bonchev–Trinajstić information content (AvgIpc) is 2.90. The summed E-state index contributed by atoms with van der Waals surface area (Å²) < 4.78 is 2.34. The number of hydrogen-bond donors (Lipinski definition) is 1. The van der Waals surface area contributed by atoms with E-state index < -0.39 is 17.0 Å². The highest BCUT2D eigenvalue weighted by Gasteiger charge is 2.32. The third kappa shape index (κ3) is 2.81. The molecule has 0 radical (unpaired) electrons. The Morgan fingerprint density at radius 2 is 1.80 bits per heavy atom. The van der Waals surface area contributed by atoms with Gasteiger partial charge in [-0.2, -0.15) is 0 Å². The van der Waals surface area contributed by atoms with Crippen molar-refractivity contribution in [3.05, 3.63) is 65.9 Å². The van der Waals surface area contributed by atoms with Crippen LogP contribution in [0.4, 0.5) is 5.82 Å². The van der Waals surface area contributed by atoms with Gasteiger partial charge in [0.15, 0.2) is 0 Å². The number of nitrogens with one attached hydrogen (secondary N) is 1. The maximum atomic E-state index is 12.7. The van der Waals surface area contributed by atoms with Gasteiger partial charge in [-0.15, -0.1) is 0 Å². The highest BCUT2D eigenvalue weighted by molar-refractivity contribution is 6.37. The van der Waals surface area contributed by atoms with Crippen LogP contribution in [0.1, 0.15) is 29.3 Å². The van der Waals surface area contributed by atoms with Gasteiger partial charge in [-0.05, 0) is 24.6 Å². The molecule has 130 valence electrons. The molecule has 1 aliphatic heterocycles. The largest absolute Gasteiger partial charge is 0.338 e. The number of rotatable bonds is 3. The number of benzene rings is 1. The summed E-state index contributed by atoms with van der Waals surface area (Å²) in [5.41, 5.74) is -0.528. The second-order valence-corrected chi connectivity index (χ2v) is 6.48. The number of ketones is 1. The standard InChI is InChI=1S/C17H15Cl2N3O3/c1-3-7-22-15-13(16(24)21(2)17(22)25)14(23)12(20-15)8-9-10(18)5-4-6-11(9)19/h4-6,8,20H,3,7H2,1-2H3. The number of Topliss-reactive ketones (excluding diaryl/α,β-unsaturated/α-hetero) is 1. The summed E-state index contributed by atoms with van der Waals surface area (Å²) in [7, 11) is 1.36. The van der Waals surface area contributed by atoms with Crippen molar-refractivity contribution in [2.75, 3.05) is 5.32 Å². The molecule has 6 nitrogen and oxygen atoms in total. The van der Waals surface area contributed by atoms with Crippen LogP contribution in [0.15, 0.2) is 33.5 Å². The fraction of sp³-hybridized carbons (Fsp3) is 0.235. The number of carbonyl (C=O) groups excluding carboxylic acids is 1. The van der Waals surface area contributed by atoms with Crippen molar-refractivity contribution in [2.45, 2.75) is 19.9 Å². The minimum Gasteiger partial charge on any atom is -0.338 e. The molecule has 0 saturated heterocycles. The molecule has 1 aromatic carbocycles. The molecular weight excluding hydrogens is 365 g/mol. The van der Waals surface area contributed by atoms with E-state index in [-0.39, 0.29) is 17.1 Å². The highest BCUT2D eigenvalue weighted by Crippen LogP contribution is 2.30. The summed E-state index contributed by atoms with van der Waals surface area (Å²) in [6, 6.07) is 5.00. The molecule has 0 atom stereocenters. The first kappa shape index (κ1) is 17.5. The number of carbonyl (C=O) groups is 1. The van der Waals surface area contributed by atoms with Gasteiger partial charge in [-0.1, -0.05) is 36.2 Å². The first-order chi connectivity index (χ1) is 11.9. The molecule has 0 amide bonds. The molecule has 2 heterocycles. The molecular formula is C17H15Cl2N3O3. The minimum absolute atomic E-state index is 0.0509. The summed E-state index contributed by atoms with van der Waals surface area (Å²) in [6.45, 7) is 2.29. The summed E-state index contributed by atoms with van der Waals surface area (Å²) in [5, 5.41) is 3.65. The van der Waals surface area contributed by atoms with E-state index >= 15 is 0 Å². The molecule has 0 bridgehead atoms. The zero-order chi connectivity index (χ0) is 18.3. The molecule has 1 aromatic heterocycles. The predicted molar refractivity (Wildman–Crippen MR) is 98.6 cm³/mol. The molecule has 0 aliphatic carbocycles. The predicted octanol–water partition coefficient (Wildman–Crippen LogP) is 2.91. The van der Waals surface area contributed by atoms with Crippen molar-refractivity contribution < 1.29 is 4.79 Å². The minimum atomic E-state index is -0.626. The second-order valence-electron chi connectivity index (χ2n) is 5.67. The van der Waals surface area contributed by atoms with E-state index in [9.17, 15) is 14.4 Å². The fourth-order valence-electron chi connectivity index (χ4n) is 2.75. The van der Waals surface area contributed by atoms with E-state index in [1.54, 1.807) is 18.2 Å². The lowest BCUT2D eigenvalue weighted by molar-refractivity contribution is 0.104. The highest BCUT2D eigenvalue weighted by atomic mass is 35.5. The summed E-state index contributed by atoms with van der Waals surface area (Å²) in [6.07, 6.45) is 2.17. The van der Waals surface area contributed by atoms with Crippen LogP contribution in [0.3, 0.4) is 0 Å². The SMILES string of the molecule is CCCn1c2c(c(=O)n(C)c1=O)C(=O)C(=Cc1c(Cl)cccc1Cl)N2. The van der Waals surface area contributed by atoms with Gasteiger partial charge >= 0.3 is 5.69 Å². The van der Waals surface area contributed by atoms with Gasteiger partial charge < -0.3 is 5.32 Å². The van der Waals surface area contributed by atoms with Gasteiger partial charge in [-0.3, -0.25) is 18.7 Å². The Labute approximate surface area is 153 Å². The first-order valence-electron chi connectivity index (χ1n) is 7.68. The van der Waals surface area contributed by atoms with Crippen molar-refractivity contribution in [1.29, 1.82) is 0 Å². The van der Waals surface area contributed by atoms with E-state index in [0.29, 0.717) is 28.6 Å². The van der Waals surface area contributed by atoms with E-state index in [1.165, 1.54) is 17.7 Å². The van der Waals surface area contributed by atoms with Crippen LogP contribution in [0.25, 0.3) is 6.08 Å². The van der Waals surface area contributed by atoms with Gasteiger partial charge in [0.2, 0.25) is 5.78 Å². The van der Waals surface area contributed by atoms with Crippen LogP contribution >= 0.6 is 23.2 Å². The van der Waals surface area contributed by atoms with Crippen LogP contribution < -0.4 is 16.6 Å². The molecule has 2 aromatic rings. The third-order valence-electron chi connectivity index (χ3n) is 4.00. The Bertz CT molecular complexity index is 1010. The summed E-state index contributed by atoms with van der Waals surface area (Å²) in [5.74, 6) is -0.272. The summed E-state index contributed by atoms with van der Waals surface area (Å²) in [4.78, 5) is 37.4. The second kappa shape index (κ2) is 6.54. The van der Waals surface area contributed by atoms with Crippen molar-refractivity contribution in [3.8, 4) is 0 Å². The maximum absolute atomic E-state index is 12.7. The fourth-order valence-corrected chi connectivity index (χ4v) is 3.25. The quantitative estimate of drug-likeness (QED) is 0.832. The Morgan fingerprint density at radius 3 is 2.40 bits per heavy atom. The van der Waals surface area contributed by atoms with Crippen LogP contribution in [0, 0.1) is 0 Å². The average molecular weight is 380 g/mol. The number of aromatic nitrogens is 2. The van der Waals surface area contributed by atoms with Gasteiger partial charge in [-0.25, -0.2) is 4.79 Å². The van der Waals surface area contributed by atoms with E-state index in [4.69, 9.17) is 23.2 Å². The molecule has 0 fully saturated rings. The molecule has 0 saturated carbocycles. The number of halogens is 2. The third-order valence-corrected chi connectivity index (χ3v) is 4.66. The molecule has 1 aliphatic rings. The van der Waals surface area contributed by atoms with Gasteiger partial charge in [0, 0.05) is 29.2 Å². The van der Waals surface area contributed by atoms with E-state index in [0.717, 1.165) is 4.57 Å². The molecule has 0 unspecified atom stereocenters. The van der Waals surface area contributed by atoms with E-state index in [1.807, 2.05) is 6.92 Å². The van der Waals surface area contributed by atoms with Gasteiger partial charge in [0.25, 0.3) is 5.56 Å². The number of allylic oxidation sites excluding steroid dienone is 1. The van der Waals surface area contributed by atoms with Crippen molar-refractivity contribution in [3.63, 3.8) is 0 Å². The van der Waals surface area contributed by atoms with Crippen molar-refractivity contribution in [1.82, 2.24) is 9.13 Å². The Kier molecular flexibility index (Phi) is 4.58. The van der Waals surface area contributed by atoms with Crippen molar-refractivity contribution in [2.24, 2.45) is 7.05 Å². The smallest absolute Gasteiger partial charge is 0.332 e. The molecule has 8 heteroatoms. The number of hydrogen-bond acceptors (Lipinski definition) is 4. The topological polar surface area (TPSA) is 73.1 Å². The number of fused-ring (bicyclic) bond motifs is 1. The zero-order valence-electron chi connectivity index (χ0n) is 13.6. The normalized spacial score (nSPS) is 14.7. The molecule has 25 heavy (non-hydrogen) atoms. The zero-order valence-corrected chi connectivity index (χ0v) is 15.1. The van der Waals surface area contributed by atoms with Gasteiger partial charge in [0.05, 0.1) is 5.70 Å². The molecule has 0 spiro atoms. The monoisotopic (exact) mass is 379 g/mol. The lowest BCUT2D eigenvalue weighted by Crippen LogP contribution is -2.40. The summed E-state index contributed by atoms with van der Waals surface area (Å²) >= 11 is 12.3.